The standard InChI is InChI=1S/C13H17N3O3/c1-10(2)15(7-6-14)9-11-4-5-13(19-3)12(8-11)16(17)18/h4-5,8,10H,7,9H2,1-3H3. The SMILES string of the molecule is COc1ccc(CN(CC#N)C(C)C)cc1[N+](=O)[O-]. The van der Waals surface area contributed by atoms with Crippen LogP contribution in [0.4, 0.5) is 5.69 Å². The quantitative estimate of drug-likeness (QED) is 0.447. The van der Waals surface area contributed by atoms with E-state index in [2.05, 4.69) is 6.07 Å². The van der Waals surface area contributed by atoms with Crippen molar-refractivity contribution in [3.63, 3.8) is 0 Å². The Hall–Kier alpha value is -2.13. The van der Waals surface area contributed by atoms with Gasteiger partial charge in [-0.1, -0.05) is 6.07 Å². The van der Waals surface area contributed by atoms with E-state index in [1.54, 1.807) is 12.1 Å². The number of nitriles is 1. The van der Waals surface area contributed by atoms with E-state index < -0.39 is 4.92 Å². The molecule has 0 N–H and O–H groups in total. The van der Waals surface area contributed by atoms with Gasteiger partial charge in [0.15, 0.2) is 5.75 Å². The van der Waals surface area contributed by atoms with Crippen molar-refractivity contribution in [2.24, 2.45) is 0 Å². The number of rotatable bonds is 6. The lowest BCUT2D eigenvalue weighted by molar-refractivity contribution is -0.385. The molecule has 0 amide bonds. The van der Waals surface area contributed by atoms with Crippen LogP contribution in [-0.4, -0.2) is 29.5 Å². The minimum Gasteiger partial charge on any atom is -0.490 e. The molecule has 1 aromatic rings. The molecule has 0 bridgehead atoms. The number of ether oxygens (including phenoxy) is 1. The summed E-state index contributed by atoms with van der Waals surface area (Å²) in [5.41, 5.74) is 0.733. The number of hydrogen-bond donors (Lipinski definition) is 0. The molecule has 0 fully saturated rings. The van der Waals surface area contributed by atoms with E-state index in [1.165, 1.54) is 13.2 Å². The van der Waals surface area contributed by atoms with Gasteiger partial charge in [-0.15, -0.1) is 0 Å². The van der Waals surface area contributed by atoms with E-state index in [0.717, 1.165) is 5.56 Å². The number of nitrogens with zero attached hydrogens (tertiary/aromatic N) is 3. The second kappa shape index (κ2) is 6.71. The Kier molecular flexibility index (Phi) is 5.27. The Labute approximate surface area is 112 Å². The minimum atomic E-state index is -0.466. The molecule has 0 saturated carbocycles. The molecule has 0 saturated heterocycles. The molecule has 6 nitrogen and oxygen atoms in total. The smallest absolute Gasteiger partial charge is 0.311 e. The average molecular weight is 263 g/mol. The first-order chi connectivity index (χ1) is 8.99. The van der Waals surface area contributed by atoms with Crippen molar-refractivity contribution >= 4 is 5.69 Å². The summed E-state index contributed by atoms with van der Waals surface area (Å²) < 4.78 is 4.95. The molecule has 19 heavy (non-hydrogen) atoms. The predicted octanol–water partition coefficient (Wildman–Crippen LogP) is 2.34. The molecule has 6 heteroatoms. The highest BCUT2D eigenvalue weighted by atomic mass is 16.6. The van der Waals surface area contributed by atoms with Crippen LogP contribution in [0.1, 0.15) is 19.4 Å². The highest BCUT2D eigenvalue weighted by Crippen LogP contribution is 2.28. The zero-order valence-corrected chi connectivity index (χ0v) is 11.3. The molecule has 0 atom stereocenters. The second-order valence-corrected chi connectivity index (χ2v) is 4.42. The molecule has 1 rings (SSSR count). The molecule has 0 radical (unpaired) electrons. The van der Waals surface area contributed by atoms with Crippen molar-refractivity contribution in [1.29, 1.82) is 5.26 Å². The maximum absolute atomic E-state index is 10.9. The van der Waals surface area contributed by atoms with Crippen LogP contribution in [0.3, 0.4) is 0 Å². The van der Waals surface area contributed by atoms with Gasteiger partial charge in [0.25, 0.3) is 0 Å². The van der Waals surface area contributed by atoms with Crippen LogP contribution in [0.5, 0.6) is 5.75 Å². The van der Waals surface area contributed by atoms with Crippen LogP contribution in [0.2, 0.25) is 0 Å². The van der Waals surface area contributed by atoms with E-state index >= 15 is 0 Å². The summed E-state index contributed by atoms with van der Waals surface area (Å²) >= 11 is 0. The summed E-state index contributed by atoms with van der Waals surface area (Å²) in [7, 11) is 1.40. The number of nitro benzene ring substituents is 1. The van der Waals surface area contributed by atoms with Crippen LogP contribution < -0.4 is 4.74 Å². The Balaban J connectivity index is 2.99. The summed E-state index contributed by atoms with van der Waals surface area (Å²) in [6, 6.07) is 7.14. The molecular weight excluding hydrogens is 246 g/mol. The van der Waals surface area contributed by atoms with Gasteiger partial charge in [0.05, 0.1) is 24.6 Å². The Bertz CT molecular complexity index is 494. The predicted molar refractivity (Wildman–Crippen MR) is 70.8 cm³/mol. The minimum absolute atomic E-state index is 0.0549. The molecular formula is C13H17N3O3. The molecule has 0 aliphatic heterocycles. The van der Waals surface area contributed by atoms with E-state index in [0.29, 0.717) is 6.54 Å². The van der Waals surface area contributed by atoms with Crippen LogP contribution in [0, 0.1) is 21.4 Å². The van der Waals surface area contributed by atoms with Crippen LogP contribution in [-0.2, 0) is 6.54 Å². The molecule has 0 unspecified atom stereocenters. The van der Waals surface area contributed by atoms with Gasteiger partial charge < -0.3 is 4.74 Å². The molecule has 0 aliphatic rings. The van der Waals surface area contributed by atoms with Crippen molar-refractivity contribution in [2.45, 2.75) is 26.4 Å². The van der Waals surface area contributed by atoms with Gasteiger partial charge in [-0.05, 0) is 25.5 Å². The third-order valence-corrected chi connectivity index (χ3v) is 2.83. The topological polar surface area (TPSA) is 79.4 Å². The van der Waals surface area contributed by atoms with Gasteiger partial charge in [-0.3, -0.25) is 15.0 Å². The highest BCUT2D eigenvalue weighted by Gasteiger charge is 2.17. The van der Waals surface area contributed by atoms with Crippen LogP contribution in [0.25, 0.3) is 0 Å². The Morgan fingerprint density at radius 1 is 1.53 bits per heavy atom. The van der Waals surface area contributed by atoms with E-state index in [-0.39, 0.29) is 24.0 Å². The van der Waals surface area contributed by atoms with Crippen LogP contribution in [0.15, 0.2) is 18.2 Å². The molecule has 0 aromatic heterocycles. The molecule has 1 aromatic carbocycles. The third-order valence-electron chi connectivity index (χ3n) is 2.83. The van der Waals surface area contributed by atoms with Crippen molar-refractivity contribution in [3.8, 4) is 11.8 Å². The fourth-order valence-electron chi connectivity index (χ4n) is 1.72. The third kappa shape index (κ3) is 3.93. The number of hydrogen-bond acceptors (Lipinski definition) is 5. The van der Waals surface area contributed by atoms with Crippen molar-refractivity contribution in [2.75, 3.05) is 13.7 Å². The summed E-state index contributed by atoms with van der Waals surface area (Å²) in [5.74, 6) is 0.241. The zero-order chi connectivity index (χ0) is 14.4. The first kappa shape index (κ1) is 14.9. The van der Waals surface area contributed by atoms with Gasteiger partial charge in [0.2, 0.25) is 0 Å². The summed E-state index contributed by atoms with van der Waals surface area (Å²) in [6.45, 7) is 4.75. The molecule has 0 spiro atoms. The lowest BCUT2D eigenvalue weighted by Crippen LogP contribution is -2.30. The van der Waals surface area contributed by atoms with Crippen molar-refractivity contribution < 1.29 is 9.66 Å². The van der Waals surface area contributed by atoms with Crippen molar-refractivity contribution in [1.82, 2.24) is 4.90 Å². The Morgan fingerprint density at radius 3 is 2.68 bits per heavy atom. The molecule has 102 valence electrons. The second-order valence-electron chi connectivity index (χ2n) is 4.42. The van der Waals surface area contributed by atoms with Crippen molar-refractivity contribution in [3.05, 3.63) is 33.9 Å². The lowest BCUT2D eigenvalue weighted by atomic mass is 10.1. The van der Waals surface area contributed by atoms with Gasteiger partial charge >= 0.3 is 5.69 Å². The number of methoxy groups -OCH3 is 1. The van der Waals surface area contributed by atoms with E-state index in [4.69, 9.17) is 10.00 Å². The van der Waals surface area contributed by atoms with E-state index in [9.17, 15) is 10.1 Å². The van der Waals surface area contributed by atoms with Gasteiger partial charge in [0, 0.05) is 18.7 Å². The fourth-order valence-corrected chi connectivity index (χ4v) is 1.72. The highest BCUT2D eigenvalue weighted by molar-refractivity contribution is 5.48. The van der Waals surface area contributed by atoms with Gasteiger partial charge in [0.1, 0.15) is 0 Å². The number of nitro groups is 1. The van der Waals surface area contributed by atoms with Crippen LogP contribution >= 0.6 is 0 Å². The fraction of sp³-hybridized carbons (Fsp3) is 0.462. The zero-order valence-electron chi connectivity index (χ0n) is 11.3. The first-order valence-electron chi connectivity index (χ1n) is 5.92. The first-order valence-corrected chi connectivity index (χ1v) is 5.92. The largest absolute Gasteiger partial charge is 0.490 e. The van der Waals surface area contributed by atoms with Gasteiger partial charge in [-0.25, -0.2) is 0 Å². The maximum atomic E-state index is 10.9. The molecule has 0 aliphatic carbocycles. The summed E-state index contributed by atoms with van der Waals surface area (Å²) in [6.07, 6.45) is 0. The lowest BCUT2D eigenvalue weighted by Gasteiger charge is -2.23. The normalized spacial score (nSPS) is 10.5. The van der Waals surface area contributed by atoms with E-state index in [1.807, 2.05) is 18.7 Å². The van der Waals surface area contributed by atoms with Gasteiger partial charge in [-0.2, -0.15) is 5.26 Å². The maximum Gasteiger partial charge on any atom is 0.311 e. The summed E-state index contributed by atoms with van der Waals surface area (Å²) in [5, 5.41) is 19.7. The molecule has 0 heterocycles. The average Bonchev–Trinajstić information content (AvgIpc) is 2.37. The number of benzene rings is 1. The Morgan fingerprint density at radius 2 is 2.21 bits per heavy atom. The summed E-state index contributed by atoms with van der Waals surface area (Å²) in [4.78, 5) is 12.4. The monoisotopic (exact) mass is 263 g/mol.